The van der Waals surface area contributed by atoms with Crippen molar-refractivity contribution in [1.82, 2.24) is 29.9 Å². The van der Waals surface area contributed by atoms with Gasteiger partial charge in [0.1, 0.15) is 0 Å². The van der Waals surface area contributed by atoms with E-state index in [1.54, 1.807) is 12.4 Å². The summed E-state index contributed by atoms with van der Waals surface area (Å²) in [6.45, 7) is 0. The minimum atomic E-state index is -0.441. The Balaban J connectivity index is 1.42. The molecule has 8 heteroatoms. The van der Waals surface area contributed by atoms with E-state index in [-0.39, 0.29) is 11.7 Å². The van der Waals surface area contributed by atoms with Crippen LogP contribution in [0.5, 0.6) is 0 Å². The number of nitrogen functional groups attached to an aromatic ring is 1. The number of anilines is 1. The molecular formula is C22H22FN7. The molecule has 6 rings (SSSR count). The van der Waals surface area contributed by atoms with Crippen molar-refractivity contribution in [3.05, 3.63) is 54.4 Å². The summed E-state index contributed by atoms with van der Waals surface area (Å²) in [5.41, 5.74) is 10.7. The van der Waals surface area contributed by atoms with Gasteiger partial charge in [0.25, 0.3) is 0 Å². The Hall–Kier alpha value is -3.26. The monoisotopic (exact) mass is 403 g/mol. The van der Waals surface area contributed by atoms with Crippen molar-refractivity contribution in [2.45, 2.75) is 43.7 Å². The summed E-state index contributed by atoms with van der Waals surface area (Å²) in [4.78, 5) is 12.5. The van der Waals surface area contributed by atoms with Crippen LogP contribution in [0.1, 0.15) is 37.3 Å². The zero-order chi connectivity index (χ0) is 20.2. The average molecular weight is 403 g/mol. The third-order valence-electron chi connectivity index (χ3n) is 6.46. The number of fused-ring (bicyclic) bond motifs is 3. The van der Waals surface area contributed by atoms with E-state index in [0.29, 0.717) is 23.4 Å². The predicted octanol–water partition coefficient (Wildman–Crippen LogP) is 3.51. The van der Waals surface area contributed by atoms with E-state index in [2.05, 4.69) is 20.4 Å². The highest BCUT2D eigenvalue weighted by atomic mass is 19.1. The second-order valence-corrected chi connectivity index (χ2v) is 8.31. The summed E-state index contributed by atoms with van der Waals surface area (Å²) in [6.07, 6.45) is 9.43. The maximum absolute atomic E-state index is 15.1. The lowest BCUT2D eigenvalue weighted by Gasteiger charge is -2.29. The van der Waals surface area contributed by atoms with E-state index >= 15 is 4.39 Å². The van der Waals surface area contributed by atoms with Crippen molar-refractivity contribution in [2.24, 2.45) is 0 Å². The molecule has 2 bridgehead atoms. The topological polar surface area (TPSA) is 96.9 Å². The molecule has 2 atom stereocenters. The summed E-state index contributed by atoms with van der Waals surface area (Å²) >= 11 is 0. The number of aromatic nitrogens is 5. The molecule has 0 amide bonds. The van der Waals surface area contributed by atoms with Crippen LogP contribution in [0.15, 0.2) is 42.9 Å². The molecule has 0 saturated carbocycles. The predicted molar refractivity (Wildman–Crippen MR) is 112 cm³/mol. The van der Waals surface area contributed by atoms with Gasteiger partial charge in [-0.15, -0.1) is 0 Å². The SMILES string of the molecule is Nc1c(F)c(C2CC3CCC(C2)N3)nc2c(-c3ccc(-c4ccc[nH]4)nc3)cnn12. The number of nitrogens with zero attached hydrogens (tertiary/aromatic N) is 4. The molecule has 0 radical (unpaired) electrons. The van der Waals surface area contributed by atoms with Crippen LogP contribution in [0.3, 0.4) is 0 Å². The van der Waals surface area contributed by atoms with Crippen molar-refractivity contribution in [1.29, 1.82) is 0 Å². The van der Waals surface area contributed by atoms with Crippen LogP contribution in [0.4, 0.5) is 10.2 Å². The number of hydrogen-bond acceptors (Lipinski definition) is 5. The fraction of sp³-hybridized carbons (Fsp3) is 0.318. The van der Waals surface area contributed by atoms with Gasteiger partial charge in [-0.3, -0.25) is 4.98 Å². The third kappa shape index (κ3) is 2.71. The van der Waals surface area contributed by atoms with Gasteiger partial charge in [0.15, 0.2) is 17.3 Å². The highest BCUT2D eigenvalue weighted by molar-refractivity contribution is 5.78. The van der Waals surface area contributed by atoms with Gasteiger partial charge in [0, 0.05) is 41.5 Å². The largest absolute Gasteiger partial charge is 0.381 e. The molecule has 2 fully saturated rings. The molecule has 30 heavy (non-hydrogen) atoms. The quantitative estimate of drug-likeness (QED) is 0.486. The first-order valence-electron chi connectivity index (χ1n) is 10.4. The van der Waals surface area contributed by atoms with Crippen LogP contribution in [0, 0.1) is 5.82 Å². The summed E-state index contributed by atoms with van der Waals surface area (Å²) < 4.78 is 16.5. The molecule has 0 aromatic carbocycles. The normalized spacial score (nSPS) is 23.3. The summed E-state index contributed by atoms with van der Waals surface area (Å²) in [6, 6.07) is 8.73. The van der Waals surface area contributed by atoms with E-state index < -0.39 is 5.82 Å². The van der Waals surface area contributed by atoms with Gasteiger partial charge in [0.2, 0.25) is 0 Å². The lowest BCUT2D eigenvalue weighted by atomic mass is 9.89. The maximum Gasteiger partial charge on any atom is 0.187 e. The first-order chi connectivity index (χ1) is 14.7. The maximum atomic E-state index is 15.1. The van der Waals surface area contributed by atoms with Crippen LogP contribution in [-0.2, 0) is 0 Å². The molecule has 6 heterocycles. The van der Waals surface area contributed by atoms with E-state index in [4.69, 9.17) is 10.7 Å². The number of aromatic amines is 1. The fourth-order valence-corrected chi connectivity index (χ4v) is 4.97. The second-order valence-electron chi connectivity index (χ2n) is 8.31. The molecule has 4 N–H and O–H groups in total. The molecule has 2 aliphatic heterocycles. The smallest absolute Gasteiger partial charge is 0.187 e. The van der Waals surface area contributed by atoms with Crippen LogP contribution in [0.2, 0.25) is 0 Å². The zero-order valence-electron chi connectivity index (χ0n) is 16.3. The minimum Gasteiger partial charge on any atom is -0.381 e. The molecule has 4 aromatic heterocycles. The van der Waals surface area contributed by atoms with Gasteiger partial charge < -0.3 is 16.0 Å². The summed E-state index contributed by atoms with van der Waals surface area (Å²) in [5.74, 6) is -0.348. The number of nitrogens with one attached hydrogen (secondary N) is 2. The molecule has 152 valence electrons. The number of hydrogen-bond donors (Lipinski definition) is 3. The molecular weight excluding hydrogens is 381 g/mol. The first-order valence-corrected chi connectivity index (χ1v) is 10.4. The Labute approximate surface area is 172 Å². The number of H-pyrrole nitrogens is 1. The Bertz CT molecular complexity index is 1200. The van der Waals surface area contributed by atoms with Gasteiger partial charge in [-0.05, 0) is 43.9 Å². The van der Waals surface area contributed by atoms with Gasteiger partial charge in [0.05, 0.1) is 23.3 Å². The van der Waals surface area contributed by atoms with Gasteiger partial charge in [-0.2, -0.15) is 9.61 Å². The van der Waals surface area contributed by atoms with Crippen LogP contribution in [0.25, 0.3) is 28.2 Å². The Kier molecular flexibility index (Phi) is 3.89. The van der Waals surface area contributed by atoms with E-state index in [9.17, 15) is 0 Å². The van der Waals surface area contributed by atoms with E-state index in [0.717, 1.165) is 48.2 Å². The summed E-state index contributed by atoms with van der Waals surface area (Å²) in [5, 5.41) is 7.90. The van der Waals surface area contributed by atoms with Crippen molar-refractivity contribution < 1.29 is 4.39 Å². The van der Waals surface area contributed by atoms with Gasteiger partial charge >= 0.3 is 0 Å². The molecule has 4 aromatic rings. The number of halogens is 1. The van der Waals surface area contributed by atoms with E-state index in [1.807, 2.05) is 30.5 Å². The van der Waals surface area contributed by atoms with Gasteiger partial charge in [-0.1, -0.05) is 6.07 Å². The average Bonchev–Trinajstić information content (AvgIpc) is 3.51. The zero-order valence-corrected chi connectivity index (χ0v) is 16.3. The Morgan fingerprint density at radius 2 is 1.93 bits per heavy atom. The lowest BCUT2D eigenvalue weighted by Crippen LogP contribution is -2.37. The number of piperidine rings is 1. The van der Waals surface area contributed by atoms with Crippen molar-refractivity contribution >= 4 is 11.5 Å². The van der Waals surface area contributed by atoms with Gasteiger partial charge in [-0.25, -0.2) is 9.37 Å². The Morgan fingerprint density at radius 1 is 1.10 bits per heavy atom. The molecule has 7 nitrogen and oxygen atoms in total. The standard InChI is InChI=1S/C22H22FN7/c23-19-20(13-8-14-4-5-15(9-13)28-14)29-22-16(11-27-30(22)21(19)24)12-3-6-18(26-10-12)17-2-1-7-25-17/h1-3,6-7,10-11,13-15,25,28H,4-5,8-9,24H2. The Morgan fingerprint density at radius 3 is 2.63 bits per heavy atom. The molecule has 0 aliphatic carbocycles. The van der Waals surface area contributed by atoms with Crippen molar-refractivity contribution in [3.63, 3.8) is 0 Å². The highest BCUT2D eigenvalue weighted by Crippen LogP contribution is 2.39. The third-order valence-corrected chi connectivity index (χ3v) is 6.46. The van der Waals surface area contributed by atoms with E-state index in [1.165, 1.54) is 4.52 Å². The second kappa shape index (κ2) is 6.63. The number of pyridine rings is 1. The lowest BCUT2D eigenvalue weighted by molar-refractivity contribution is 0.351. The summed E-state index contributed by atoms with van der Waals surface area (Å²) in [7, 11) is 0. The van der Waals surface area contributed by atoms with Crippen LogP contribution >= 0.6 is 0 Å². The van der Waals surface area contributed by atoms with Crippen LogP contribution < -0.4 is 11.1 Å². The molecule has 2 unspecified atom stereocenters. The highest BCUT2D eigenvalue weighted by Gasteiger charge is 2.36. The molecule has 0 spiro atoms. The number of rotatable bonds is 3. The number of nitrogens with two attached hydrogens (primary N) is 1. The fourth-order valence-electron chi connectivity index (χ4n) is 4.97. The first kappa shape index (κ1) is 17.6. The molecule has 2 saturated heterocycles. The van der Waals surface area contributed by atoms with Crippen molar-refractivity contribution in [2.75, 3.05) is 5.73 Å². The minimum absolute atomic E-state index is 0.0168. The molecule has 2 aliphatic rings. The van der Waals surface area contributed by atoms with Crippen molar-refractivity contribution in [3.8, 4) is 22.5 Å². The van der Waals surface area contributed by atoms with Crippen LogP contribution in [-0.4, -0.2) is 36.6 Å².